The predicted octanol–water partition coefficient (Wildman–Crippen LogP) is 4.64. The molecule has 0 bridgehead atoms. The number of alkyl halides is 6. The van der Waals surface area contributed by atoms with Gasteiger partial charge in [0, 0.05) is 10.8 Å². The van der Waals surface area contributed by atoms with E-state index in [9.17, 15) is 26.3 Å². The number of rotatable bonds is 2. The smallest absolute Gasteiger partial charge is 0.405 e. The minimum atomic E-state index is -4.94. The summed E-state index contributed by atoms with van der Waals surface area (Å²) >= 11 is 0. The molecule has 2 nitrogen and oxygen atoms in total. The van der Waals surface area contributed by atoms with Crippen LogP contribution in [-0.4, -0.2) is 12.7 Å². The van der Waals surface area contributed by atoms with Gasteiger partial charge in [0.2, 0.25) is 0 Å². The van der Waals surface area contributed by atoms with Crippen molar-refractivity contribution in [3.63, 3.8) is 0 Å². The lowest BCUT2D eigenvalue weighted by Crippen LogP contribution is -2.18. The molecule has 8 heteroatoms. The van der Waals surface area contributed by atoms with Crippen molar-refractivity contribution in [2.75, 3.05) is 0 Å². The molecule has 0 fully saturated rings. The Hall–Kier alpha value is -2.12. The van der Waals surface area contributed by atoms with E-state index in [1.165, 1.54) is 24.3 Å². The second kappa shape index (κ2) is 4.77. The molecular weight excluding hydrogens is 290 g/mol. The predicted molar refractivity (Wildman–Crippen MR) is 57.3 cm³/mol. The third-order valence-electron chi connectivity index (χ3n) is 2.30. The minimum absolute atomic E-state index is 0.133. The number of benzene rings is 2. The first kappa shape index (κ1) is 14.3. The summed E-state index contributed by atoms with van der Waals surface area (Å²) in [5, 5.41) is -0.266. The average Bonchev–Trinajstić information content (AvgIpc) is 2.29. The van der Waals surface area contributed by atoms with Crippen LogP contribution in [-0.2, 0) is 0 Å². The van der Waals surface area contributed by atoms with Crippen molar-refractivity contribution < 1.29 is 35.8 Å². The Morgan fingerprint density at radius 3 is 1.25 bits per heavy atom. The first-order valence-corrected chi connectivity index (χ1v) is 5.19. The van der Waals surface area contributed by atoms with E-state index >= 15 is 0 Å². The van der Waals surface area contributed by atoms with Crippen LogP contribution in [0.15, 0.2) is 36.4 Å². The van der Waals surface area contributed by atoms with Gasteiger partial charge in [0.15, 0.2) is 0 Å². The zero-order valence-electron chi connectivity index (χ0n) is 9.55. The van der Waals surface area contributed by atoms with Gasteiger partial charge in [-0.1, -0.05) is 24.3 Å². The van der Waals surface area contributed by atoms with Crippen LogP contribution in [0.1, 0.15) is 0 Å². The van der Waals surface area contributed by atoms with Gasteiger partial charge in [0.05, 0.1) is 0 Å². The summed E-state index contributed by atoms with van der Waals surface area (Å²) in [5.74, 6) is -1.19. The topological polar surface area (TPSA) is 18.5 Å². The molecule has 20 heavy (non-hydrogen) atoms. The third-order valence-corrected chi connectivity index (χ3v) is 2.30. The maximum Gasteiger partial charge on any atom is 0.573 e. The molecule has 0 heterocycles. The molecule has 0 saturated heterocycles. The van der Waals surface area contributed by atoms with Crippen molar-refractivity contribution in [1.29, 1.82) is 0 Å². The van der Waals surface area contributed by atoms with Crippen LogP contribution in [0, 0.1) is 0 Å². The quantitative estimate of drug-likeness (QED) is 0.752. The molecular formula is C12H6F6O2. The van der Waals surface area contributed by atoms with Crippen molar-refractivity contribution in [2.24, 2.45) is 0 Å². The Kier molecular flexibility index (Phi) is 3.41. The van der Waals surface area contributed by atoms with Crippen molar-refractivity contribution in [1.82, 2.24) is 0 Å². The Balaban J connectivity index is 2.52. The summed E-state index contributed by atoms with van der Waals surface area (Å²) < 4.78 is 80.8. The van der Waals surface area contributed by atoms with Gasteiger partial charge in [-0.15, -0.1) is 26.3 Å². The minimum Gasteiger partial charge on any atom is -0.405 e. The van der Waals surface area contributed by atoms with Crippen LogP contribution in [0.5, 0.6) is 11.5 Å². The number of fused-ring (bicyclic) bond motifs is 1. The standard InChI is InChI=1S/C12H6F6O2/c13-11(14,15)19-9-5-6-10(20-12(16,17)18)8-4-2-1-3-7(8)9/h1-6H. The van der Waals surface area contributed by atoms with Crippen molar-refractivity contribution >= 4 is 10.8 Å². The average molecular weight is 296 g/mol. The van der Waals surface area contributed by atoms with Gasteiger partial charge < -0.3 is 9.47 Å². The van der Waals surface area contributed by atoms with Crippen molar-refractivity contribution in [3.8, 4) is 11.5 Å². The van der Waals surface area contributed by atoms with Gasteiger partial charge in [-0.3, -0.25) is 0 Å². The molecule has 0 aliphatic carbocycles. The van der Waals surface area contributed by atoms with Gasteiger partial charge in [-0.05, 0) is 12.1 Å². The normalized spacial score (nSPS) is 12.5. The SMILES string of the molecule is FC(F)(F)Oc1ccc(OC(F)(F)F)c2ccccc12. The fraction of sp³-hybridized carbons (Fsp3) is 0.167. The van der Waals surface area contributed by atoms with E-state index in [1.54, 1.807) is 0 Å². The van der Waals surface area contributed by atoms with Gasteiger partial charge in [0.1, 0.15) is 11.5 Å². The molecule has 0 amide bonds. The molecule has 0 N–H and O–H groups in total. The van der Waals surface area contributed by atoms with Gasteiger partial charge in [-0.2, -0.15) is 0 Å². The summed E-state index contributed by atoms with van der Waals surface area (Å²) in [6, 6.07) is 6.72. The Morgan fingerprint density at radius 2 is 0.950 bits per heavy atom. The molecule has 0 unspecified atom stereocenters. The lowest BCUT2D eigenvalue weighted by molar-refractivity contribution is -0.276. The van der Waals surface area contributed by atoms with Crippen molar-refractivity contribution in [2.45, 2.75) is 12.7 Å². The maximum atomic E-state index is 12.2. The summed E-state index contributed by atoms with van der Waals surface area (Å²) in [7, 11) is 0. The summed E-state index contributed by atoms with van der Waals surface area (Å²) in [4.78, 5) is 0. The lowest BCUT2D eigenvalue weighted by atomic mass is 10.1. The van der Waals surface area contributed by atoms with E-state index in [0.717, 1.165) is 12.1 Å². The van der Waals surface area contributed by atoms with E-state index in [-0.39, 0.29) is 10.8 Å². The zero-order chi connectivity index (χ0) is 15.0. The first-order chi connectivity index (χ1) is 9.16. The monoisotopic (exact) mass is 296 g/mol. The Bertz CT molecular complexity index is 563. The number of hydrogen-bond acceptors (Lipinski definition) is 2. The Morgan fingerprint density at radius 1 is 0.600 bits per heavy atom. The molecule has 2 aromatic carbocycles. The largest absolute Gasteiger partial charge is 0.573 e. The molecule has 0 spiro atoms. The van der Waals surface area contributed by atoms with Crippen LogP contribution >= 0.6 is 0 Å². The molecule has 2 rings (SSSR count). The second-order valence-electron chi connectivity index (χ2n) is 3.70. The summed E-state index contributed by atoms with van der Waals surface area (Å²) in [5.41, 5.74) is 0. The highest BCUT2D eigenvalue weighted by molar-refractivity contribution is 5.93. The first-order valence-electron chi connectivity index (χ1n) is 5.19. The van der Waals surface area contributed by atoms with Crippen LogP contribution in [0.2, 0.25) is 0 Å². The van der Waals surface area contributed by atoms with Gasteiger partial charge in [0.25, 0.3) is 0 Å². The molecule has 2 aromatic rings. The molecule has 0 aromatic heterocycles. The van der Waals surface area contributed by atoms with E-state index in [1.807, 2.05) is 0 Å². The van der Waals surface area contributed by atoms with E-state index < -0.39 is 24.2 Å². The summed E-state index contributed by atoms with van der Waals surface area (Å²) in [6.45, 7) is 0. The number of halogens is 6. The number of ether oxygens (including phenoxy) is 2. The highest BCUT2D eigenvalue weighted by Gasteiger charge is 2.34. The van der Waals surface area contributed by atoms with Crippen LogP contribution < -0.4 is 9.47 Å². The number of hydrogen-bond donors (Lipinski definition) is 0. The third kappa shape index (κ3) is 3.46. The Labute approximate surface area is 108 Å². The highest BCUT2D eigenvalue weighted by atomic mass is 19.4. The van der Waals surface area contributed by atoms with Gasteiger partial charge >= 0.3 is 12.7 Å². The zero-order valence-corrected chi connectivity index (χ0v) is 9.55. The molecule has 0 aliphatic heterocycles. The fourth-order valence-corrected chi connectivity index (χ4v) is 1.67. The molecule has 108 valence electrons. The lowest BCUT2D eigenvalue weighted by Gasteiger charge is -2.15. The van der Waals surface area contributed by atoms with Gasteiger partial charge in [-0.25, -0.2) is 0 Å². The molecule has 0 saturated carbocycles. The second-order valence-corrected chi connectivity index (χ2v) is 3.70. The van der Waals surface area contributed by atoms with Crippen LogP contribution in [0.3, 0.4) is 0 Å². The summed E-state index contributed by atoms with van der Waals surface area (Å²) in [6.07, 6.45) is -9.87. The van der Waals surface area contributed by atoms with E-state index in [2.05, 4.69) is 9.47 Å². The highest BCUT2D eigenvalue weighted by Crippen LogP contribution is 2.37. The van der Waals surface area contributed by atoms with E-state index in [4.69, 9.17) is 0 Å². The van der Waals surface area contributed by atoms with E-state index in [0.29, 0.717) is 0 Å². The maximum absolute atomic E-state index is 12.2. The molecule has 0 radical (unpaired) electrons. The molecule has 0 aliphatic rings. The molecule has 0 atom stereocenters. The van der Waals surface area contributed by atoms with Crippen LogP contribution in [0.4, 0.5) is 26.3 Å². The van der Waals surface area contributed by atoms with Crippen molar-refractivity contribution in [3.05, 3.63) is 36.4 Å². The fourth-order valence-electron chi connectivity index (χ4n) is 1.67. The van der Waals surface area contributed by atoms with Crippen LogP contribution in [0.25, 0.3) is 10.8 Å².